The molecule has 1 heterocycles. The van der Waals surface area contributed by atoms with Gasteiger partial charge in [0.05, 0.1) is 3.79 Å². The number of nitrogens with one attached hydrogen (secondary N) is 1. The molecule has 0 amide bonds. The lowest BCUT2D eigenvalue weighted by atomic mass is 10.3. The average molecular weight is 277 g/mol. The minimum atomic E-state index is 0.544. The van der Waals surface area contributed by atoms with Crippen molar-refractivity contribution in [3.05, 3.63) is 20.8 Å². The Morgan fingerprint density at radius 3 is 2.86 bits per heavy atom. The van der Waals surface area contributed by atoms with Gasteiger partial charge in [0.1, 0.15) is 0 Å². The van der Waals surface area contributed by atoms with Crippen molar-refractivity contribution in [2.75, 3.05) is 20.6 Å². The summed E-state index contributed by atoms with van der Waals surface area (Å²) in [4.78, 5) is 2.33. The lowest BCUT2D eigenvalue weighted by molar-refractivity contribution is 0.296. The molecule has 0 saturated carbocycles. The lowest BCUT2D eigenvalue weighted by Crippen LogP contribution is -2.34. The van der Waals surface area contributed by atoms with Gasteiger partial charge in [-0.25, -0.2) is 0 Å². The predicted molar refractivity (Wildman–Crippen MR) is 66.9 cm³/mol. The third-order valence-corrected chi connectivity index (χ3v) is 3.71. The molecule has 1 atom stereocenters. The Balaban J connectivity index is 2.37. The molecule has 0 aliphatic rings. The van der Waals surface area contributed by atoms with Crippen molar-refractivity contribution < 1.29 is 0 Å². The van der Waals surface area contributed by atoms with Crippen LogP contribution < -0.4 is 5.32 Å². The molecule has 1 N–H and O–H groups in total. The number of rotatable bonds is 5. The Bertz CT molecular complexity index is 275. The third-order valence-electron chi connectivity index (χ3n) is 2.15. The lowest BCUT2D eigenvalue weighted by Gasteiger charge is -2.20. The zero-order chi connectivity index (χ0) is 10.6. The molecule has 0 spiro atoms. The van der Waals surface area contributed by atoms with Crippen LogP contribution in [0.2, 0.25) is 0 Å². The molecule has 0 bridgehead atoms. The third kappa shape index (κ3) is 4.09. The van der Waals surface area contributed by atoms with Crippen LogP contribution in [0.4, 0.5) is 0 Å². The standard InChI is InChI=1S/C10H17BrN2S/c1-8(12-2)5-13(3)6-9-4-10(11)14-7-9/h4,7-8,12H,5-6H2,1-3H3. The molecule has 0 aromatic carbocycles. The van der Waals surface area contributed by atoms with Crippen molar-refractivity contribution in [2.24, 2.45) is 0 Å². The maximum absolute atomic E-state index is 3.47. The Morgan fingerprint density at radius 1 is 1.64 bits per heavy atom. The van der Waals surface area contributed by atoms with E-state index in [4.69, 9.17) is 0 Å². The second-order valence-electron chi connectivity index (χ2n) is 3.65. The van der Waals surface area contributed by atoms with E-state index in [9.17, 15) is 0 Å². The SMILES string of the molecule is CNC(C)CN(C)Cc1csc(Br)c1. The molecule has 4 heteroatoms. The Labute approximate surface area is 98.4 Å². The van der Waals surface area contributed by atoms with Crippen molar-refractivity contribution in [1.82, 2.24) is 10.2 Å². The molecular weight excluding hydrogens is 260 g/mol. The molecule has 1 aromatic rings. The summed E-state index contributed by atoms with van der Waals surface area (Å²) in [5.41, 5.74) is 1.38. The van der Waals surface area contributed by atoms with Crippen LogP contribution in [0.15, 0.2) is 15.2 Å². The zero-order valence-electron chi connectivity index (χ0n) is 8.88. The molecule has 1 unspecified atom stereocenters. The first-order valence-corrected chi connectivity index (χ1v) is 6.37. The first-order chi connectivity index (χ1) is 6.61. The highest BCUT2D eigenvalue weighted by Gasteiger charge is 2.05. The molecule has 0 aliphatic carbocycles. The maximum atomic E-state index is 3.47. The Hall–Kier alpha value is 0.100. The molecule has 0 saturated heterocycles. The molecule has 1 aromatic heterocycles. The molecule has 0 aliphatic heterocycles. The number of hydrogen-bond acceptors (Lipinski definition) is 3. The summed E-state index contributed by atoms with van der Waals surface area (Å²) in [6.45, 7) is 4.29. The van der Waals surface area contributed by atoms with Crippen molar-refractivity contribution in [3.63, 3.8) is 0 Å². The van der Waals surface area contributed by atoms with Crippen LogP contribution in [-0.4, -0.2) is 31.6 Å². The van der Waals surface area contributed by atoms with Gasteiger partial charge in [-0.15, -0.1) is 11.3 Å². The van der Waals surface area contributed by atoms with E-state index in [-0.39, 0.29) is 0 Å². The van der Waals surface area contributed by atoms with Crippen LogP contribution in [0.25, 0.3) is 0 Å². The average Bonchev–Trinajstić information content (AvgIpc) is 2.50. The number of nitrogens with zero attached hydrogens (tertiary/aromatic N) is 1. The van der Waals surface area contributed by atoms with Crippen molar-refractivity contribution in [2.45, 2.75) is 19.5 Å². The largest absolute Gasteiger partial charge is 0.316 e. The quantitative estimate of drug-likeness (QED) is 0.889. The summed E-state index contributed by atoms with van der Waals surface area (Å²) in [5.74, 6) is 0. The number of halogens is 1. The second kappa shape index (κ2) is 5.85. The van der Waals surface area contributed by atoms with Crippen LogP contribution in [-0.2, 0) is 6.54 Å². The molecule has 0 radical (unpaired) electrons. The van der Waals surface area contributed by atoms with Crippen LogP contribution in [0.5, 0.6) is 0 Å². The number of thiophene rings is 1. The normalized spacial score (nSPS) is 13.5. The van der Waals surface area contributed by atoms with Crippen LogP contribution >= 0.6 is 27.3 Å². The van der Waals surface area contributed by atoms with Gasteiger partial charge in [0, 0.05) is 19.1 Å². The summed E-state index contributed by atoms with van der Waals surface area (Å²) >= 11 is 5.22. The highest BCUT2D eigenvalue weighted by Crippen LogP contribution is 2.21. The van der Waals surface area contributed by atoms with Crippen LogP contribution in [0, 0.1) is 0 Å². The Kier molecular flexibility index (Phi) is 5.09. The van der Waals surface area contributed by atoms with Gasteiger partial charge in [-0.3, -0.25) is 0 Å². The van der Waals surface area contributed by atoms with Gasteiger partial charge >= 0.3 is 0 Å². The Morgan fingerprint density at radius 2 is 2.36 bits per heavy atom. The van der Waals surface area contributed by atoms with Crippen molar-refractivity contribution in [1.29, 1.82) is 0 Å². The number of hydrogen-bond donors (Lipinski definition) is 1. The molecule has 2 nitrogen and oxygen atoms in total. The summed E-state index contributed by atoms with van der Waals surface area (Å²) in [6, 6.07) is 2.73. The molecule has 0 fully saturated rings. The molecule has 1 rings (SSSR count). The summed E-state index contributed by atoms with van der Waals surface area (Å²) < 4.78 is 1.21. The van der Waals surface area contributed by atoms with Crippen molar-refractivity contribution in [3.8, 4) is 0 Å². The van der Waals surface area contributed by atoms with Gasteiger partial charge in [0.2, 0.25) is 0 Å². The molecule has 14 heavy (non-hydrogen) atoms. The topological polar surface area (TPSA) is 15.3 Å². The van der Waals surface area contributed by atoms with E-state index in [2.05, 4.69) is 51.6 Å². The van der Waals surface area contributed by atoms with E-state index in [0.29, 0.717) is 6.04 Å². The minimum Gasteiger partial charge on any atom is -0.316 e. The summed E-state index contributed by atoms with van der Waals surface area (Å²) in [7, 11) is 4.15. The predicted octanol–water partition coefficient (Wildman–Crippen LogP) is 2.55. The van der Waals surface area contributed by atoms with E-state index in [1.54, 1.807) is 11.3 Å². The highest BCUT2D eigenvalue weighted by atomic mass is 79.9. The van der Waals surface area contributed by atoms with Gasteiger partial charge in [-0.05, 0) is 54.0 Å². The van der Waals surface area contributed by atoms with Gasteiger partial charge in [0.25, 0.3) is 0 Å². The fourth-order valence-electron chi connectivity index (χ4n) is 1.36. The smallest absolute Gasteiger partial charge is 0.0701 e. The fraction of sp³-hybridized carbons (Fsp3) is 0.600. The van der Waals surface area contributed by atoms with Crippen molar-refractivity contribution >= 4 is 27.3 Å². The van der Waals surface area contributed by atoms with E-state index in [1.807, 2.05) is 7.05 Å². The fourth-order valence-corrected chi connectivity index (χ4v) is 2.56. The summed E-state index contributed by atoms with van der Waals surface area (Å²) in [5, 5.41) is 5.44. The van der Waals surface area contributed by atoms with Crippen LogP contribution in [0.3, 0.4) is 0 Å². The van der Waals surface area contributed by atoms with E-state index in [0.717, 1.165) is 13.1 Å². The second-order valence-corrected chi connectivity index (χ2v) is 5.94. The first kappa shape index (κ1) is 12.2. The van der Waals surface area contributed by atoms with Gasteiger partial charge < -0.3 is 10.2 Å². The number of likely N-dealkylation sites (N-methyl/N-ethyl adjacent to an activating group) is 2. The molecular formula is C10H17BrN2S. The van der Waals surface area contributed by atoms with Gasteiger partial charge in [-0.2, -0.15) is 0 Å². The maximum Gasteiger partial charge on any atom is 0.0701 e. The summed E-state index contributed by atoms with van der Waals surface area (Å²) in [6.07, 6.45) is 0. The monoisotopic (exact) mass is 276 g/mol. The van der Waals surface area contributed by atoms with Gasteiger partial charge in [-0.1, -0.05) is 0 Å². The zero-order valence-corrected chi connectivity index (χ0v) is 11.3. The van der Waals surface area contributed by atoms with E-state index >= 15 is 0 Å². The van der Waals surface area contributed by atoms with E-state index < -0.39 is 0 Å². The van der Waals surface area contributed by atoms with Gasteiger partial charge in [0.15, 0.2) is 0 Å². The minimum absolute atomic E-state index is 0.544. The van der Waals surface area contributed by atoms with E-state index in [1.165, 1.54) is 9.35 Å². The van der Waals surface area contributed by atoms with Crippen LogP contribution in [0.1, 0.15) is 12.5 Å². The molecule has 80 valence electrons. The first-order valence-electron chi connectivity index (χ1n) is 4.70. The highest BCUT2D eigenvalue weighted by molar-refractivity contribution is 9.11.